The summed E-state index contributed by atoms with van der Waals surface area (Å²) in [6.07, 6.45) is 4.69. The lowest BCUT2D eigenvalue weighted by molar-refractivity contribution is 0.319. The van der Waals surface area contributed by atoms with E-state index in [1.165, 1.54) is 48.2 Å². The maximum absolute atomic E-state index is 5.81. The molecule has 0 aliphatic carbocycles. The molecule has 0 fully saturated rings. The summed E-state index contributed by atoms with van der Waals surface area (Å²) in [7, 11) is 0. The first-order valence-corrected chi connectivity index (χ1v) is 11.4. The normalized spacial score (nSPS) is 14.3. The first kappa shape index (κ1) is 21.6. The third-order valence-electron chi connectivity index (χ3n) is 5.89. The number of nitrogens with zero attached hydrogens (tertiary/aromatic N) is 2. The molecule has 0 spiro atoms. The molecule has 156 valence electrons. The fourth-order valence-electron chi connectivity index (χ4n) is 4.01. The highest BCUT2D eigenvalue weighted by molar-refractivity contribution is 7.80. The number of rotatable bonds is 7. The van der Waals surface area contributed by atoms with E-state index in [0.29, 0.717) is 6.04 Å². The second-order valence-corrected chi connectivity index (χ2v) is 8.62. The van der Waals surface area contributed by atoms with E-state index in [0.717, 1.165) is 30.3 Å². The Hall–Kier alpha value is -2.07. The summed E-state index contributed by atoms with van der Waals surface area (Å²) in [6, 6.07) is 15.8. The molecule has 0 aromatic heterocycles. The average molecular weight is 410 g/mol. The number of anilines is 2. The maximum atomic E-state index is 5.81. The lowest BCUT2D eigenvalue weighted by Gasteiger charge is -2.33. The molecule has 2 aromatic carbocycles. The fourth-order valence-corrected chi connectivity index (χ4v) is 4.37. The Kier molecular flexibility index (Phi) is 7.54. The van der Waals surface area contributed by atoms with Crippen LogP contribution in [0.25, 0.3) is 0 Å². The highest BCUT2D eigenvalue weighted by Crippen LogP contribution is 2.29. The minimum atomic E-state index is 0.382. The molecule has 0 unspecified atom stereocenters. The van der Waals surface area contributed by atoms with Crippen LogP contribution < -0.4 is 10.2 Å². The molecule has 1 atom stereocenters. The second-order valence-electron chi connectivity index (χ2n) is 8.24. The van der Waals surface area contributed by atoms with Gasteiger partial charge in [-0.1, -0.05) is 43.7 Å². The molecular formula is C25H35N3S. The molecule has 0 amide bonds. The fraction of sp³-hybridized carbons (Fsp3) is 0.480. The van der Waals surface area contributed by atoms with E-state index < -0.39 is 0 Å². The van der Waals surface area contributed by atoms with E-state index in [2.05, 4.69) is 85.3 Å². The molecule has 3 nitrogen and oxygen atoms in total. The highest BCUT2D eigenvalue weighted by atomic mass is 32.1. The van der Waals surface area contributed by atoms with Gasteiger partial charge in [-0.2, -0.15) is 0 Å². The van der Waals surface area contributed by atoms with Gasteiger partial charge in [0.15, 0.2) is 5.11 Å². The molecule has 29 heavy (non-hydrogen) atoms. The van der Waals surface area contributed by atoms with Crippen molar-refractivity contribution in [3.63, 3.8) is 0 Å². The van der Waals surface area contributed by atoms with Crippen molar-refractivity contribution in [2.75, 3.05) is 23.3 Å². The Morgan fingerprint density at radius 1 is 1.17 bits per heavy atom. The number of hydrogen-bond donors (Lipinski definition) is 1. The Labute approximate surface area is 182 Å². The highest BCUT2D eigenvalue weighted by Gasteiger charge is 2.20. The van der Waals surface area contributed by atoms with Gasteiger partial charge in [0.25, 0.3) is 0 Å². The van der Waals surface area contributed by atoms with Gasteiger partial charge in [-0.25, -0.2) is 0 Å². The average Bonchev–Trinajstić information content (AvgIpc) is 2.73. The Balaban J connectivity index is 1.76. The number of hydrogen-bond acceptors (Lipinski definition) is 2. The van der Waals surface area contributed by atoms with Crippen LogP contribution in [0.3, 0.4) is 0 Å². The van der Waals surface area contributed by atoms with Gasteiger partial charge in [-0.3, -0.25) is 0 Å². The third-order valence-corrected chi connectivity index (χ3v) is 6.23. The summed E-state index contributed by atoms with van der Waals surface area (Å²) in [5.41, 5.74) is 6.57. The van der Waals surface area contributed by atoms with Crippen molar-refractivity contribution in [3.8, 4) is 0 Å². The van der Waals surface area contributed by atoms with Crippen molar-refractivity contribution in [1.82, 2.24) is 4.90 Å². The smallest absolute Gasteiger partial charge is 0.173 e. The molecule has 0 saturated heterocycles. The largest absolute Gasteiger partial charge is 0.371 e. The Morgan fingerprint density at radius 2 is 1.93 bits per heavy atom. The number of benzene rings is 2. The van der Waals surface area contributed by atoms with E-state index in [4.69, 9.17) is 12.2 Å². The van der Waals surface area contributed by atoms with Crippen LogP contribution in [-0.4, -0.2) is 29.1 Å². The molecule has 3 rings (SSSR count). The van der Waals surface area contributed by atoms with Crippen LogP contribution in [0.2, 0.25) is 0 Å². The minimum Gasteiger partial charge on any atom is -0.371 e. The summed E-state index contributed by atoms with van der Waals surface area (Å²) in [5.74, 6) is 0. The Morgan fingerprint density at radius 3 is 2.62 bits per heavy atom. The molecule has 1 heterocycles. The number of thiocarbonyl (C=S) groups is 1. The summed E-state index contributed by atoms with van der Waals surface area (Å²) in [5, 5.41) is 4.24. The molecule has 1 aliphatic heterocycles. The standard InChI is InChI=1S/C25H35N3S/c1-5-15-27-16-7-8-22-17-21(11-14-24(22)27)18-28(20(4)6-2)25(29)26-23-12-9-19(3)10-13-23/h9-14,17,20H,5-8,15-16,18H2,1-4H3,(H,26,29)/t20-/m0/s1. The lowest BCUT2D eigenvalue weighted by atomic mass is 9.98. The zero-order valence-corrected chi connectivity index (χ0v) is 19.2. The van der Waals surface area contributed by atoms with Gasteiger partial charge in [0.2, 0.25) is 0 Å². The van der Waals surface area contributed by atoms with Crippen LogP contribution in [0, 0.1) is 6.92 Å². The van der Waals surface area contributed by atoms with Crippen LogP contribution in [0.4, 0.5) is 11.4 Å². The Bertz CT molecular complexity index is 815. The van der Waals surface area contributed by atoms with Crippen molar-refractivity contribution in [2.24, 2.45) is 0 Å². The van der Waals surface area contributed by atoms with E-state index >= 15 is 0 Å². The number of nitrogens with one attached hydrogen (secondary N) is 1. The van der Waals surface area contributed by atoms with Gasteiger partial charge in [0, 0.05) is 37.1 Å². The minimum absolute atomic E-state index is 0.382. The molecule has 2 aromatic rings. The van der Waals surface area contributed by atoms with Gasteiger partial charge in [-0.15, -0.1) is 0 Å². The van der Waals surface area contributed by atoms with Crippen LogP contribution >= 0.6 is 12.2 Å². The summed E-state index contributed by atoms with van der Waals surface area (Å²) >= 11 is 5.81. The van der Waals surface area contributed by atoms with Gasteiger partial charge in [0.05, 0.1) is 0 Å². The summed E-state index contributed by atoms with van der Waals surface area (Å²) in [4.78, 5) is 4.86. The van der Waals surface area contributed by atoms with Crippen LogP contribution in [0.1, 0.15) is 56.7 Å². The summed E-state index contributed by atoms with van der Waals surface area (Å²) in [6.45, 7) is 12.0. The van der Waals surface area contributed by atoms with Gasteiger partial charge < -0.3 is 15.1 Å². The monoisotopic (exact) mass is 409 g/mol. The van der Waals surface area contributed by atoms with Gasteiger partial charge in [0.1, 0.15) is 0 Å². The van der Waals surface area contributed by atoms with Crippen molar-refractivity contribution in [2.45, 2.75) is 66.0 Å². The van der Waals surface area contributed by atoms with Crippen molar-refractivity contribution in [3.05, 3.63) is 59.2 Å². The van der Waals surface area contributed by atoms with Gasteiger partial charge in [-0.05, 0) is 81.1 Å². The van der Waals surface area contributed by atoms with Gasteiger partial charge >= 0.3 is 0 Å². The van der Waals surface area contributed by atoms with Crippen molar-refractivity contribution < 1.29 is 0 Å². The van der Waals surface area contributed by atoms with Crippen molar-refractivity contribution in [1.29, 1.82) is 0 Å². The molecule has 0 saturated carbocycles. The summed E-state index contributed by atoms with van der Waals surface area (Å²) < 4.78 is 0. The molecular weight excluding hydrogens is 374 g/mol. The number of aryl methyl sites for hydroxylation is 2. The third kappa shape index (κ3) is 5.51. The number of fused-ring (bicyclic) bond motifs is 1. The molecule has 1 aliphatic rings. The van der Waals surface area contributed by atoms with Crippen molar-refractivity contribution >= 4 is 28.7 Å². The zero-order valence-electron chi connectivity index (χ0n) is 18.4. The first-order valence-electron chi connectivity index (χ1n) is 11.0. The second kappa shape index (κ2) is 10.1. The first-order chi connectivity index (χ1) is 14.0. The van der Waals surface area contributed by atoms with Crippen LogP contribution in [0.15, 0.2) is 42.5 Å². The zero-order chi connectivity index (χ0) is 20.8. The predicted molar refractivity (Wildman–Crippen MR) is 130 cm³/mol. The van der Waals surface area contributed by atoms with E-state index in [1.54, 1.807) is 0 Å². The molecule has 4 heteroatoms. The van der Waals surface area contributed by atoms with E-state index in [1.807, 2.05) is 0 Å². The predicted octanol–water partition coefficient (Wildman–Crippen LogP) is 6.16. The maximum Gasteiger partial charge on any atom is 0.173 e. The van der Waals surface area contributed by atoms with Crippen LogP contribution in [0.5, 0.6) is 0 Å². The molecule has 0 bridgehead atoms. The van der Waals surface area contributed by atoms with E-state index in [9.17, 15) is 0 Å². The molecule has 0 radical (unpaired) electrons. The lowest BCUT2D eigenvalue weighted by Crippen LogP contribution is -2.40. The molecule has 1 N–H and O–H groups in total. The van der Waals surface area contributed by atoms with E-state index in [-0.39, 0.29) is 0 Å². The topological polar surface area (TPSA) is 18.5 Å². The quantitative estimate of drug-likeness (QED) is 0.552. The van der Waals surface area contributed by atoms with Crippen LogP contribution in [-0.2, 0) is 13.0 Å². The SMILES string of the molecule is CCCN1CCCc2cc(CN(C(=S)Nc3ccc(C)cc3)[C@@H](C)CC)ccc21.